The third kappa shape index (κ3) is 3.31. The Balaban J connectivity index is 1.98. The van der Waals surface area contributed by atoms with Gasteiger partial charge >= 0.3 is 0 Å². The maximum Gasteiger partial charge on any atom is 0.119 e. The summed E-state index contributed by atoms with van der Waals surface area (Å²) >= 11 is 0. The van der Waals surface area contributed by atoms with Gasteiger partial charge < -0.3 is 9.64 Å². The molecule has 0 fully saturated rings. The fraction of sp³-hybridized carbons (Fsp3) is 0.400. The van der Waals surface area contributed by atoms with Gasteiger partial charge in [-0.1, -0.05) is 42.5 Å². The molecule has 0 radical (unpaired) electrons. The number of ether oxygens (including phenoxy) is 1. The first-order chi connectivity index (χ1) is 11.1. The van der Waals surface area contributed by atoms with Crippen LogP contribution >= 0.6 is 0 Å². The molecular weight excluding hydrogens is 289 g/mol. The second-order valence-electron chi connectivity index (χ2n) is 6.52. The Bertz CT molecular complexity index is 659. The number of rotatable bonds is 5. The van der Waals surface area contributed by atoms with Gasteiger partial charge in [-0.15, -0.1) is 0 Å². The van der Waals surface area contributed by atoms with Gasteiger partial charge in [0.2, 0.25) is 0 Å². The second kappa shape index (κ2) is 6.81. The molecule has 1 unspecified atom stereocenters. The number of nitrogens with zero attached hydrogens (tertiary/aromatic N) is 1. The molecule has 0 aromatic heterocycles. The van der Waals surface area contributed by atoms with Crippen molar-refractivity contribution in [1.29, 1.82) is 0 Å². The van der Waals surface area contributed by atoms with Gasteiger partial charge in [0.05, 0.1) is 6.61 Å². The monoisotopic (exact) mass is 313 g/mol. The average Bonchev–Trinajstić information content (AvgIpc) is 2.76. The van der Waals surface area contributed by atoms with Gasteiger partial charge in [-0.25, -0.2) is 4.39 Å². The molecule has 1 aliphatic heterocycles. The summed E-state index contributed by atoms with van der Waals surface area (Å²) in [5.74, 6) is -0.106. The third-order valence-electron chi connectivity index (χ3n) is 4.58. The lowest BCUT2D eigenvalue weighted by atomic mass is 9.81. The van der Waals surface area contributed by atoms with Crippen molar-refractivity contribution in [2.24, 2.45) is 0 Å². The van der Waals surface area contributed by atoms with Crippen molar-refractivity contribution in [2.75, 3.05) is 20.6 Å². The minimum Gasteiger partial charge on any atom is -0.361 e. The van der Waals surface area contributed by atoms with Gasteiger partial charge in [0, 0.05) is 6.42 Å². The van der Waals surface area contributed by atoms with Gasteiger partial charge in [0.15, 0.2) is 0 Å². The molecule has 2 aliphatic rings. The lowest BCUT2D eigenvalue weighted by Gasteiger charge is -2.32. The van der Waals surface area contributed by atoms with Crippen LogP contribution in [0, 0.1) is 0 Å². The molecule has 1 aliphatic carbocycles. The van der Waals surface area contributed by atoms with E-state index in [1.54, 1.807) is 6.08 Å². The normalized spacial score (nSPS) is 23.5. The van der Waals surface area contributed by atoms with Crippen LogP contribution in [0.1, 0.15) is 30.4 Å². The van der Waals surface area contributed by atoms with Crippen molar-refractivity contribution in [1.82, 2.24) is 4.90 Å². The molecular formula is C20H24FNO. The smallest absolute Gasteiger partial charge is 0.119 e. The van der Waals surface area contributed by atoms with Crippen LogP contribution in [0.4, 0.5) is 4.39 Å². The lowest BCUT2D eigenvalue weighted by molar-refractivity contribution is -0.0145. The average molecular weight is 313 g/mol. The van der Waals surface area contributed by atoms with Crippen molar-refractivity contribution in [2.45, 2.75) is 31.5 Å². The molecule has 0 amide bonds. The van der Waals surface area contributed by atoms with Crippen LogP contribution < -0.4 is 0 Å². The summed E-state index contributed by atoms with van der Waals surface area (Å²) in [6.07, 6.45) is 9.66. The van der Waals surface area contributed by atoms with Crippen molar-refractivity contribution in [3.63, 3.8) is 0 Å². The summed E-state index contributed by atoms with van der Waals surface area (Å²) in [5.41, 5.74) is 3.06. The number of allylic oxidation sites excluding steroid dienone is 4. The van der Waals surface area contributed by atoms with Crippen molar-refractivity contribution in [3.05, 3.63) is 71.1 Å². The number of halogens is 1. The van der Waals surface area contributed by atoms with E-state index in [9.17, 15) is 4.39 Å². The molecule has 0 saturated carbocycles. The molecule has 3 rings (SSSR count). The Hall–Kier alpha value is -1.71. The third-order valence-corrected chi connectivity index (χ3v) is 4.58. The molecule has 1 atom stereocenters. The largest absolute Gasteiger partial charge is 0.361 e. The van der Waals surface area contributed by atoms with Crippen LogP contribution in [0.25, 0.3) is 0 Å². The maximum absolute atomic E-state index is 13.6. The zero-order valence-corrected chi connectivity index (χ0v) is 13.9. The molecule has 1 heterocycles. The highest BCUT2D eigenvalue weighted by Crippen LogP contribution is 2.46. The fourth-order valence-electron chi connectivity index (χ4n) is 3.42. The molecule has 1 aromatic rings. The van der Waals surface area contributed by atoms with Gasteiger partial charge in [-0.3, -0.25) is 0 Å². The van der Waals surface area contributed by atoms with Crippen LogP contribution in [-0.4, -0.2) is 25.5 Å². The highest BCUT2D eigenvalue weighted by Gasteiger charge is 2.41. The topological polar surface area (TPSA) is 12.5 Å². The highest BCUT2D eigenvalue weighted by molar-refractivity contribution is 5.47. The molecule has 0 bridgehead atoms. The Morgan fingerprint density at radius 3 is 2.87 bits per heavy atom. The fourth-order valence-corrected chi connectivity index (χ4v) is 3.42. The Kier molecular flexibility index (Phi) is 4.79. The van der Waals surface area contributed by atoms with E-state index < -0.39 is 5.60 Å². The molecule has 1 aromatic carbocycles. The lowest BCUT2D eigenvalue weighted by Crippen LogP contribution is -2.29. The minimum atomic E-state index is -0.454. The van der Waals surface area contributed by atoms with E-state index in [0.29, 0.717) is 13.0 Å². The van der Waals surface area contributed by atoms with Crippen LogP contribution in [0.15, 0.2) is 60.0 Å². The quantitative estimate of drug-likeness (QED) is 0.794. The molecule has 122 valence electrons. The predicted octanol–water partition coefficient (Wildman–Crippen LogP) is 4.49. The zero-order valence-electron chi connectivity index (χ0n) is 13.9. The van der Waals surface area contributed by atoms with E-state index in [0.717, 1.165) is 25.0 Å². The number of fused-ring (bicyclic) bond motifs is 1. The summed E-state index contributed by atoms with van der Waals surface area (Å²) in [5, 5.41) is 0. The molecule has 0 N–H and O–H groups in total. The second-order valence-corrected chi connectivity index (χ2v) is 6.52. The van der Waals surface area contributed by atoms with E-state index in [1.807, 2.05) is 18.2 Å². The first-order valence-electron chi connectivity index (χ1n) is 8.22. The SMILES string of the molecule is CN(C)CCCC1(C2=CC=C(F)CC=C2)OCc2ccccc21. The van der Waals surface area contributed by atoms with Crippen molar-refractivity contribution >= 4 is 0 Å². The summed E-state index contributed by atoms with van der Waals surface area (Å²) in [4.78, 5) is 2.19. The molecule has 0 spiro atoms. The van der Waals surface area contributed by atoms with Crippen LogP contribution in [0.2, 0.25) is 0 Å². The van der Waals surface area contributed by atoms with Gasteiger partial charge in [0.1, 0.15) is 11.4 Å². The van der Waals surface area contributed by atoms with E-state index in [2.05, 4.69) is 43.3 Å². The van der Waals surface area contributed by atoms with Crippen LogP contribution in [-0.2, 0) is 16.9 Å². The molecule has 3 heteroatoms. The van der Waals surface area contributed by atoms with Crippen LogP contribution in [0.5, 0.6) is 0 Å². The highest BCUT2D eigenvalue weighted by atomic mass is 19.1. The zero-order chi connectivity index (χ0) is 16.3. The summed E-state index contributed by atoms with van der Waals surface area (Å²) < 4.78 is 19.9. The summed E-state index contributed by atoms with van der Waals surface area (Å²) in [6.45, 7) is 1.63. The first kappa shape index (κ1) is 16.2. The van der Waals surface area contributed by atoms with E-state index in [-0.39, 0.29) is 5.83 Å². The molecule has 23 heavy (non-hydrogen) atoms. The standard InChI is InChI=1S/C20H24FNO/c1-22(2)14-6-13-20(17-8-5-9-18(21)12-11-17)19-10-4-3-7-16(19)15-23-20/h3-5,7-8,10-12H,6,9,13-15H2,1-2H3. The summed E-state index contributed by atoms with van der Waals surface area (Å²) in [7, 11) is 4.16. The van der Waals surface area contributed by atoms with Gasteiger partial charge in [0.25, 0.3) is 0 Å². The number of hydrogen-bond donors (Lipinski definition) is 0. The van der Waals surface area contributed by atoms with E-state index in [4.69, 9.17) is 4.74 Å². The van der Waals surface area contributed by atoms with Crippen molar-refractivity contribution in [3.8, 4) is 0 Å². The summed E-state index contributed by atoms with van der Waals surface area (Å²) in [6, 6.07) is 8.39. The predicted molar refractivity (Wildman–Crippen MR) is 91.7 cm³/mol. The Morgan fingerprint density at radius 1 is 1.22 bits per heavy atom. The van der Waals surface area contributed by atoms with Crippen LogP contribution in [0.3, 0.4) is 0 Å². The number of hydrogen-bond acceptors (Lipinski definition) is 2. The number of benzene rings is 1. The molecule has 0 saturated heterocycles. The van der Waals surface area contributed by atoms with E-state index >= 15 is 0 Å². The van der Waals surface area contributed by atoms with E-state index in [1.165, 1.54) is 11.1 Å². The Labute approximate surface area is 137 Å². The van der Waals surface area contributed by atoms with Crippen molar-refractivity contribution < 1.29 is 9.13 Å². The Morgan fingerprint density at radius 2 is 2.04 bits per heavy atom. The van der Waals surface area contributed by atoms with Gasteiger partial charge in [-0.2, -0.15) is 0 Å². The maximum atomic E-state index is 13.6. The minimum absolute atomic E-state index is 0.106. The molecule has 2 nitrogen and oxygen atoms in total. The first-order valence-corrected chi connectivity index (χ1v) is 8.22. The van der Waals surface area contributed by atoms with Gasteiger partial charge in [-0.05, 0) is 56.3 Å².